The minimum Gasteiger partial charge on any atom is -0.493 e. The maximum Gasteiger partial charge on any atom is 0.228 e. The molecule has 0 spiro atoms. The highest BCUT2D eigenvalue weighted by atomic mass is 35.5. The summed E-state index contributed by atoms with van der Waals surface area (Å²) in [6, 6.07) is 16.1. The zero-order chi connectivity index (χ0) is 22.0. The minimum atomic E-state index is -0.106. The molecule has 0 aliphatic carbocycles. The van der Waals surface area contributed by atoms with E-state index in [1.807, 2.05) is 36.4 Å². The molecule has 0 N–H and O–H groups in total. The number of para-hydroxylation sites is 2. The fourth-order valence-electron chi connectivity index (χ4n) is 3.36. The molecule has 1 heterocycles. The van der Waals surface area contributed by atoms with E-state index in [1.165, 1.54) is 21.3 Å². The number of halogens is 1. The van der Waals surface area contributed by atoms with Crippen molar-refractivity contribution in [1.82, 2.24) is 4.98 Å². The molecule has 4 aromatic rings. The van der Waals surface area contributed by atoms with Gasteiger partial charge in [-0.05, 0) is 42.0 Å². The number of ketones is 1. The van der Waals surface area contributed by atoms with Gasteiger partial charge in [-0.3, -0.25) is 4.79 Å². The van der Waals surface area contributed by atoms with E-state index in [1.54, 1.807) is 18.2 Å². The van der Waals surface area contributed by atoms with Crippen molar-refractivity contribution in [3.8, 4) is 28.7 Å². The molecule has 3 aromatic carbocycles. The second kappa shape index (κ2) is 8.70. The summed E-state index contributed by atoms with van der Waals surface area (Å²) in [4.78, 5) is 17.5. The highest BCUT2D eigenvalue weighted by molar-refractivity contribution is 6.33. The summed E-state index contributed by atoms with van der Waals surface area (Å²) in [5.41, 5.74) is 3.28. The van der Waals surface area contributed by atoms with Crippen molar-refractivity contribution in [1.29, 1.82) is 0 Å². The van der Waals surface area contributed by atoms with Gasteiger partial charge in [0, 0.05) is 12.0 Å². The number of aromatic nitrogens is 1. The number of Topliss-reactive ketones (excluding diaryl/α,β-unsaturated/α-hetero) is 1. The Morgan fingerprint density at radius 3 is 2.32 bits per heavy atom. The van der Waals surface area contributed by atoms with Crippen molar-refractivity contribution < 1.29 is 23.4 Å². The highest BCUT2D eigenvalue weighted by Gasteiger charge is 2.18. The molecule has 0 saturated heterocycles. The maximum absolute atomic E-state index is 13.0. The molecule has 31 heavy (non-hydrogen) atoms. The van der Waals surface area contributed by atoms with Gasteiger partial charge in [0.15, 0.2) is 22.9 Å². The first-order valence-electron chi connectivity index (χ1n) is 9.51. The van der Waals surface area contributed by atoms with Gasteiger partial charge in [0.1, 0.15) is 5.52 Å². The van der Waals surface area contributed by atoms with Crippen molar-refractivity contribution in [2.45, 2.75) is 6.42 Å². The minimum absolute atomic E-state index is 0.106. The number of rotatable bonds is 7. The van der Waals surface area contributed by atoms with Gasteiger partial charge >= 0.3 is 0 Å². The van der Waals surface area contributed by atoms with Crippen molar-refractivity contribution >= 4 is 28.5 Å². The standard InChI is InChI=1S/C24H20ClNO5/c1-28-21-12-15(13-22(29-2)23(21)30-3)19(27)11-14-8-9-17(25)16(10-14)24-26-18-6-4-5-7-20(18)31-24/h4-10,12-13H,11H2,1-3H3. The molecule has 0 radical (unpaired) electrons. The van der Waals surface area contributed by atoms with Crippen LogP contribution in [0, 0.1) is 0 Å². The predicted molar refractivity (Wildman–Crippen MR) is 119 cm³/mol. The lowest BCUT2D eigenvalue weighted by atomic mass is 10.0. The number of hydrogen-bond acceptors (Lipinski definition) is 6. The average Bonchev–Trinajstić information content (AvgIpc) is 3.23. The topological polar surface area (TPSA) is 70.8 Å². The van der Waals surface area contributed by atoms with Gasteiger partial charge in [-0.25, -0.2) is 4.98 Å². The first-order valence-corrected chi connectivity index (χ1v) is 9.89. The predicted octanol–water partition coefficient (Wildman–Crippen LogP) is 5.60. The quantitative estimate of drug-likeness (QED) is 0.350. The van der Waals surface area contributed by atoms with E-state index in [2.05, 4.69) is 4.98 Å². The fraction of sp³-hybridized carbons (Fsp3) is 0.167. The number of fused-ring (bicyclic) bond motifs is 1. The van der Waals surface area contributed by atoms with Crippen molar-refractivity contribution in [2.24, 2.45) is 0 Å². The largest absolute Gasteiger partial charge is 0.493 e. The summed E-state index contributed by atoms with van der Waals surface area (Å²) in [5, 5.41) is 0.496. The summed E-state index contributed by atoms with van der Waals surface area (Å²) in [5.74, 6) is 1.59. The molecule has 1 aromatic heterocycles. The first kappa shape index (κ1) is 20.8. The highest BCUT2D eigenvalue weighted by Crippen LogP contribution is 2.38. The number of oxazole rings is 1. The van der Waals surface area contributed by atoms with Gasteiger partial charge in [-0.2, -0.15) is 0 Å². The summed E-state index contributed by atoms with van der Waals surface area (Å²) in [6.45, 7) is 0. The molecule has 0 bridgehead atoms. The SMILES string of the molecule is COc1cc(C(=O)Cc2ccc(Cl)c(-c3nc4ccccc4o3)c2)cc(OC)c1OC. The zero-order valence-corrected chi connectivity index (χ0v) is 18.0. The molecule has 0 aliphatic rings. The number of nitrogens with zero attached hydrogens (tertiary/aromatic N) is 1. The lowest BCUT2D eigenvalue weighted by Gasteiger charge is -2.14. The van der Waals surface area contributed by atoms with Crippen LogP contribution in [0.4, 0.5) is 0 Å². The van der Waals surface area contributed by atoms with Crippen LogP contribution < -0.4 is 14.2 Å². The lowest BCUT2D eigenvalue weighted by Crippen LogP contribution is -2.06. The molecular weight excluding hydrogens is 418 g/mol. The Balaban J connectivity index is 1.66. The van der Waals surface area contributed by atoms with E-state index in [-0.39, 0.29) is 12.2 Å². The van der Waals surface area contributed by atoms with Crippen LogP contribution in [0.5, 0.6) is 17.2 Å². The van der Waals surface area contributed by atoms with E-state index < -0.39 is 0 Å². The Bertz CT molecular complexity index is 1210. The summed E-state index contributed by atoms with van der Waals surface area (Å²) in [7, 11) is 4.54. The lowest BCUT2D eigenvalue weighted by molar-refractivity contribution is 0.0992. The fourth-order valence-corrected chi connectivity index (χ4v) is 3.56. The van der Waals surface area contributed by atoms with Gasteiger partial charge in [0.25, 0.3) is 0 Å². The number of hydrogen-bond donors (Lipinski definition) is 0. The van der Waals surface area contributed by atoms with Crippen LogP contribution in [0.2, 0.25) is 5.02 Å². The zero-order valence-electron chi connectivity index (χ0n) is 17.3. The van der Waals surface area contributed by atoms with E-state index in [9.17, 15) is 4.79 Å². The smallest absolute Gasteiger partial charge is 0.228 e. The number of carbonyl (C=O) groups excluding carboxylic acids is 1. The van der Waals surface area contributed by atoms with Crippen LogP contribution >= 0.6 is 11.6 Å². The Labute approximate surface area is 184 Å². The third kappa shape index (κ3) is 4.07. The molecule has 0 atom stereocenters. The number of carbonyl (C=O) groups is 1. The van der Waals surface area contributed by atoms with Crippen molar-refractivity contribution in [3.05, 3.63) is 70.7 Å². The van der Waals surface area contributed by atoms with Gasteiger partial charge in [0.05, 0.1) is 31.9 Å². The van der Waals surface area contributed by atoms with Crippen LogP contribution in [0.3, 0.4) is 0 Å². The van der Waals surface area contributed by atoms with Crippen LogP contribution in [-0.4, -0.2) is 32.1 Å². The third-order valence-electron chi connectivity index (χ3n) is 4.91. The number of methoxy groups -OCH3 is 3. The molecule has 6 nitrogen and oxygen atoms in total. The average molecular weight is 438 g/mol. The monoisotopic (exact) mass is 437 g/mol. The molecule has 4 rings (SSSR count). The maximum atomic E-state index is 13.0. The summed E-state index contributed by atoms with van der Waals surface area (Å²) >= 11 is 6.39. The Kier molecular flexibility index (Phi) is 5.82. The second-order valence-electron chi connectivity index (χ2n) is 6.81. The Morgan fingerprint density at radius 2 is 1.68 bits per heavy atom. The summed E-state index contributed by atoms with van der Waals surface area (Å²) < 4.78 is 21.9. The van der Waals surface area contributed by atoms with E-state index in [0.717, 1.165) is 11.1 Å². The van der Waals surface area contributed by atoms with Crippen LogP contribution in [0.25, 0.3) is 22.6 Å². The van der Waals surface area contributed by atoms with Gasteiger partial charge < -0.3 is 18.6 Å². The molecule has 0 amide bonds. The van der Waals surface area contributed by atoms with E-state index in [0.29, 0.717) is 44.9 Å². The van der Waals surface area contributed by atoms with E-state index >= 15 is 0 Å². The normalized spacial score (nSPS) is 10.8. The van der Waals surface area contributed by atoms with Crippen LogP contribution in [0.15, 0.2) is 59.0 Å². The molecule has 0 fully saturated rings. The third-order valence-corrected chi connectivity index (χ3v) is 5.24. The van der Waals surface area contributed by atoms with Gasteiger partial charge in [-0.15, -0.1) is 0 Å². The van der Waals surface area contributed by atoms with Crippen molar-refractivity contribution in [3.63, 3.8) is 0 Å². The number of benzene rings is 3. The molecular formula is C24H20ClNO5. The molecule has 158 valence electrons. The van der Waals surface area contributed by atoms with Gasteiger partial charge in [-0.1, -0.05) is 29.8 Å². The second-order valence-corrected chi connectivity index (χ2v) is 7.22. The Hall–Kier alpha value is -3.51. The van der Waals surface area contributed by atoms with E-state index in [4.69, 9.17) is 30.2 Å². The summed E-state index contributed by atoms with van der Waals surface area (Å²) in [6.07, 6.45) is 0.156. The molecule has 0 aliphatic heterocycles. The number of ether oxygens (including phenoxy) is 3. The first-order chi connectivity index (χ1) is 15.0. The molecule has 0 unspecified atom stereocenters. The van der Waals surface area contributed by atoms with Crippen LogP contribution in [-0.2, 0) is 6.42 Å². The van der Waals surface area contributed by atoms with Crippen molar-refractivity contribution in [2.75, 3.05) is 21.3 Å². The molecule has 7 heteroatoms. The Morgan fingerprint density at radius 1 is 0.968 bits per heavy atom. The molecule has 0 saturated carbocycles. The van der Waals surface area contributed by atoms with Gasteiger partial charge in [0.2, 0.25) is 11.6 Å². The van der Waals surface area contributed by atoms with Crippen LogP contribution in [0.1, 0.15) is 15.9 Å².